The van der Waals surface area contributed by atoms with E-state index in [-0.39, 0.29) is 10.8 Å². The van der Waals surface area contributed by atoms with Crippen LogP contribution in [0.2, 0.25) is 0 Å². The number of methoxy groups -OCH3 is 2. The lowest BCUT2D eigenvalue weighted by molar-refractivity contribution is 0.0730. The van der Waals surface area contributed by atoms with E-state index in [0.717, 1.165) is 18.4 Å². The molecule has 1 fully saturated rings. The molecular weight excluding hydrogens is 420 g/mol. The molecule has 0 aliphatic carbocycles. The summed E-state index contributed by atoms with van der Waals surface area (Å²) in [5.74, 6) is 1.04. The standard InChI is InChI=1S/C22H28N2O6S/c1-28-20-9-8-17(15-21(20)29-2)5-4-10-23-22(25)18-6-3-7-19(16-18)31(26,27)24-11-13-30-14-12-24/h3,6-9,15-16H,4-5,10-14H2,1-2H3,(H,23,25). The summed E-state index contributed by atoms with van der Waals surface area (Å²) >= 11 is 0. The van der Waals surface area contributed by atoms with Crippen molar-refractivity contribution in [3.8, 4) is 11.5 Å². The third-order valence-electron chi connectivity index (χ3n) is 5.08. The molecule has 1 saturated heterocycles. The third-order valence-corrected chi connectivity index (χ3v) is 6.97. The summed E-state index contributed by atoms with van der Waals surface area (Å²) < 4.78 is 42.7. The Hall–Kier alpha value is -2.62. The molecule has 2 aromatic carbocycles. The minimum atomic E-state index is -3.64. The Morgan fingerprint density at radius 3 is 2.52 bits per heavy atom. The normalized spacial score (nSPS) is 14.8. The zero-order chi connectivity index (χ0) is 22.3. The lowest BCUT2D eigenvalue weighted by Gasteiger charge is -2.26. The van der Waals surface area contributed by atoms with Gasteiger partial charge >= 0.3 is 0 Å². The number of sulfonamides is 1. The summed E-state index contributed by atoms with van der Waals surface area (Å²) in [7, 11) is -0.456. The Kier molecular flexibility index (Phi) is 7.89. The van der Waals surface area contributed by atoms with Gasteiger partial charge < -0.3 is 19.5 Å². The van der Waals surface area contributed by atoms with E-state index < -0.39 is 10.0 Å². The van der Waals surface area contributed by atoms with Crippen molar-refractivity contribution < 1.29 is 27.4 Å². The summed E-state index contributed by atoms with van der Waals surface area (Å²) in [6, 6.07) is 11.9. The number of hydrogen-bond acceptors (Lipinski definition) is 6. The Labute approximate surface area is 183 Å². The van der Waals surface area contributed by atoms with Crippen LogP contribution < -0.4 is 14.8 Å². The molecule has 1 N–H and O–H groups in total. The molecule has 0 spiro atoms. The molecule has 0 radical (unpaired) electrons. The van der Waals surface area contributed by atoms with Crippen LogP contribution in [0.15, 0.2) is 47.4 Å². The monoisotopic (exact) mass is 448 g/mol. The van der Waals surface area contributed by atoms with E-state index in [1.165, 1.54) is 16.4 Å². The maximum atomic E-state index is 12.8. The van der Waals surface area contributed by atoms with Crippen LogP contribution in [-0.2, 0) is 21.2 Å². The molecule has 0 unspecified atom stereocenters. The van der Waals surface area contributed by atoms with Crippen molar-refractivity contribution in [1.29, 1.82) is 0 Å². The Morgan fingerprint density at radius 1 is 1.06 bits per heavy atom. The lowest BCUT2D eigenvalue weighted by atomic mass is 10.1. The molecule has 0 saturated carbocycles. The Morgan fingerprint density at radius 2 is 1.81 bits per heavy atom. The van der Waals surface area contributed by atoms with Crippen molar-refractivity contribution in [1.82, 2.24) is 9.62 Å². The van der Waals surface area contributed by atoms with Gasteiger partial charge in [-0.15, -0.1) is 0 Å². The summed E-state index contributed by atoms with van der Waals surface area (Å²) in [6.45, 7) is 1.84. The third kappa shape index (κ3) is 5.75. The maximum absolute atomic E-state index is 12.8. The smallest absolute Gasteiger partial charge is 0.251 e. The number of benzene rings is 2. The van der Waals surface area contributed by atoms with Crippen molar-refractivity contribution in [2.45, 2.75) is 17.7 Å². The zero-order valence-electron chi connectivity index (χ0n) is 17.8. The molecule has 8 nitrogen and oxygen atoms in total. The molecule has 1 heterocycles. The molecule has 3 rings (SSSR count). The van der Waals surface area contributed by atoms with E-state index in [2.05, 4.69) is 5.32 Å². The van der Waals surface area contributed by atoms with Crippen LogP contribution in [0.3, 0.4) is 0 Å². The van der Waals surface area contributed by atoms with Gasteiger partial charge in [-0.25, -0.2) is 8.42 Å². The van der Waals surface area contributed by atoms with Crippen molar-refractivity contribution in [3.63, 3.8) is 0 Å². The maximum Gasteiger partial charge on any atom is 0.251 e. The van der Waals surface area contributed by atoms with Gasteiger partial charge in [-0.05, 0) is 48.7 Å². The van der Waals surface area contributed by atoms with E-state index in [4.69, 9.17) is 14.2 Å². The topological polar surface area (TPSA) is 94.2 Å². The summed E-state index contributed by atoms with van der Waals surface area (Å²) in [5.41, 5.74) is 1.39. The van der Waals surface area contributed by atoms with Crippen LogP contribution in [0.4, 0.5) is 0 Å². The van der Waals surface area contributed by atoms with Crippen molar-refractivity contribution >= 4 is 15.9 Å². The summed E-state index contributed by atoms with van der Waals surface area (Å²) in [6.07, 6.45) is 1.49. The first-order chi connectivity index (χ1) is 15.0. The number of morpholine rings is 1. The number of nitrogens with one attached hydrogen (secondary N) is 1. The van der Waals surface area contributed by atoms with Gasteiger partial charge in [0.05, 0.1) is 32.3 Å². The van der Waals surface area contributed by atoms with Gasteiger partial charge in [-0.2, -0.15) is 4.31 Å². The van der Waals surface area contributed by atoms with Gasteiger partial charge in [-0.3, -0.25) is 4.79 Å². The highest BCUT2D eigenvalue weighted by Gasteiger charge is 2.26. The van der Waals surface area contributed by atoms with Gasteiger partial charge in [-0.1, -0.05) is 12.1 Å². The Balaban J connectivity index is 1.56. The van der Waals surface area contributed by atoms with Crippen LogP contribution in [0.25, 0.3) is 0 Å². The highest BCUT2D eigenvalue weighted by atomic mass is 32.2. The second kappa shape index (κ2) is 10.6. The predicted molar refractivity (Wildman–Crippen MR) is 116 cm³/mol. The fraction of sp³-hybridized carbons (Fsp3) is 0.409. The number of carbonyl (C=O) groups excluding carboxylic acids is 1. The first kappa shape index (κ1) is 23.1. The number of ether oxygens (including phenoxy) is 3. The summed E-state index contributed by atoms with van der Waals surface area (Å²) in [4.78, 5) is 12.6. The SMILES string of the molecule is COc1ccc(CCCNC(=O)c2cccc(S(=O)(=O)N3CCOCC3)c2)cc1OC. The van der Waals surface area contributed by atoms with Crippen LogP contribution in [0.5, 0.6) is 11.5 Å². The minimum absolute atomic E-state index is 0.118. The van der Waals surface area contributed by atoms with Gasteiger partial charge in [0.15, 0.2) is 11.5 Å². The van der Waals surface area contributed by atoms with E-state index in [1.807, 2.05) is 18.2 Å². The lowest BCUT2D eigenvalue weighted by Crippen LogP contribution is -2.40. The van der Waals surface area contributed by atoms with Gasteiger partial charge in [0.1, 0.15) is 0 Å². The second-order valence-corrected chi connectivity index (χ2v) is 9.03. The molecule has 1 amide bonds. The molecule has 0 bridgehead atoms. The number of hydrogen-bond donors (Lipinski definition) is 1. The average Bonchev–Trinajstić information content (AvgIpc) is 2.82. The largest absolute Gasteiger partial charge is 0.493 e. The van der Waals surface area contributed by atoms with E-state index in [0.29, 0.717) is 49.9 Å². The first-order valence-corrected chi connectivity index (χ1v) is 11.6. The number of aryl methyl sites for hydroxylation is 1. The van der Waals surface area contributed by atoms with Crippen LogP contribution >= 0.6 is 0 Å². The van der Waals surface area contributed by atoms with Gasteiger partial charge in [0.25, 0.3) is 5.91 Å². The number of nitrogens with zero attached hydrogens (tertiary/aromatic N) is 1. The molecule has 168 valence electrons. The van der Waals surface area contributed by atoms with Crippen LogP contribution in [0, 0.1) is 0 Å². The fourth-order valence-electron chi connectivity index (χ4n) is 3.37. The Bertz CT molecular complexity index is 1000. The number of amides is 1. The molecule has 2 aromatic rings. The van der Waals surface area contributed by atoms with Gasteiger partial charge in [0, 0.05) is 25.2 Å². The predicted octanol–water partition coefficient (Wildman–Crippen LogP) is 2.09. The van der Waals surface area contributed by atoms with Crippen LogP contribution in [-0.4, -0.2) is 65.7 Å². The average molecular weight is 449 g/mol. The fourth-order valence-corrected chi connectivity index (χ4v) is 4.82. The quantitative estimate of drug-likeness (QED) is 0.591. The van der Waals surface area contributed by atoms with Crippen molar-refractivity contribution in [2.24, 2.45) is 0 Å². The molecular formula is C22H28N2O6S. The highest BCUT2D eigenvalue weighted by Crippen LogP contribution is 2.28. The second-order valence-electron chi connectivity index (χ2n) is 7.09. The highest BCUT2D eigenvalue weighted by molar-refractivity contribution is 7.89. The molecule has 1 aliphatic rings. The zero-order valence-corrected chi connectivity index (χ0v) is 18.6. The van der Waals surface area contributed by atoms with Crippen molar-refractivity contribution in [3.05, 3.63) is 53.6 Å². The molecule has 0 aromatic heterocycles. The van der Waals surface area contributed by atoms with E-state index in [9.17, 15) is 13.2 Å². The van der Waals surface area contributed by atoms with Crippen LogP contribution in [0.1, 0.15) is 22.3 Å². The van der Waals surface area contributed by atoms with Gasteiger partial charge in [0.2, 0.25) is 10.0 Å². The number of rotatable bonds is 9. The molecule has 9 heteroatoms. The van der Waals surface area contributed by atoms with Crippen molar-refractivity contribution in [2.75, 3.05) is 47.1 Å². The minimum Gasteiger partial charge on any atom is -0.493 e. The molecule has 1 aliphatic heterocycles. The first-order valence-electron chi connectivity index (χ1n) is 10.1. The number of carbonyl (C=O) groups is 1. The summed E-state index contributed by atoms with van der Waals surface area (Å²) in [5, 5.41) is 2.86. The van der Waals surface area contributed by atoms with E-state index >= 15 is 0 Å². The van der Waals surface area contributed by atoms with E-state index in [1.54, 1.807) is 26.4 Å². The molecule has 0 atom stereocenters. The molecule has 31 heavy (non-hydrogen) atoms.